The van der Waals surface area contributed by atoms with Gasteiger partial charge in [-0.3, -0.25) is 4.90 Å². The fourth-order valence-electron chi connectivity index (χ4n) is 3.90. The quantitative estimate of drug-likeness (QED) is 0.756. The number of hydrogen-bond acceptors (Lipinski definition) is 4. The van der Waals surface area contributed by atoms with Crippen LogP contribution in [0.25, 0.3) is 11.0 Å². The van der Waals surface area contributed by atoms with Gasteiger partial charge in [0.2, 0.25) is 0 Å². The molecule has 0 bridgehead atoms. The maximum absolute atomic E-state index is 5.54. The molecule has 0 amide bonds. The Morgan fingerprint density at radius 1 is 1.19 bits per heavy atom. The average molecular weight is 351 g/mol. The summed E-state index contributed by atoms with van der Waals surface area (Å²) in [6, 6.07) is 12.4. The van der Waals surface area contributed by atoms with E-state index in [0.717, 1.165) is 36.8 Å². The van der Waals surface area contributed by atoms with Crippen LogP contribution in [-0.2, 0) is 6.54 Å². The monoisotopic (exact) mass is 351 g/mol. The smallest absolute Gasteiger partial charge is 0.137 e. The minimum atomic E-state index is 0.509. The Morgan fingerprint density at radius 3 is 2.92 bits per heavy atom. The van der Waals surface area contributed by atoms with Crippen LogP contribution >= 0.6 is 0 Å². The van der Waals surface area contributed by atoms with E-state index >= 15 is 0 Å². The van der Waals surface area contributed by atoms with E-state index in [0.29, 0.717) is 5.92 Å². The Balaban J connectivity index is 1.52. The van der Waals surface area contributed by atoms with Gasteiger partial charge in [0, 0.05) is 41.8 Å². The van der Waals surface area contributed by atoms with Crippen LogP contribution in [0.5, 0.6) is 11.5 Å². The van der Waals surface area contributed by atoms with Gasteiger partial charge in [-0.25, -0.2) is 4.98 Å². The Morgan fingerprint density at radius 2 is 2.12 bits per heavy atom. The molecule has 2 aromatic heterocycles. The van der Waals surface area contributed by atoms with Crippen LogP contribution in [0.2, 0.25) is 0 Å². The molecule has 26 heavy (non-hydrogen) atoms. The number of aromatic amines is 1. The zero-order chi connectivity index (χ0) is 17.9. The van der Waals surface area contributed by atoms with Crippen molar-refractivity contribution in [1.29, 1.82) is 0 Å². The number of nitrogens with zero attached hydrogens (tertiary/aromatic N) is 2. The van der Waals surface area contributed by atoms with Crippen LogP contribution in [0.3, 0.4) is 0 Å². The van der Waals surface area contributed by atoms with Crippen LogP contribution in [-0.4, -0.2) is 42.2 Å². The predicted molar refractivity (Wildman–Crippen MR) is 103 cm³/mol. The van der Waals surface area contributed by atoms with E-state index in [-0.39, 0.29) is 0 Å². The van der Waals surface area contributed by atoms with Crippen LogP contribution in [0.15, 0.2) is 42.6 Å². The second-order valence-electron chi connectivity index (χ2n) is 6.92. The lowest BCUT2D eigenvalue weighted by Crippen LogP contribution is -2.34. The Kier molecular flexibility index (Phi) is 4.80. The van der Waals surface area contributed by atoms with Crippen molar-refractivity contribution in [3.63, 3.8) is 0 Å². The fraction of sp³-hybridized carbons (Fsp3) is 0.381. The second-order valence-corrected chi connectivity index (χ2v) is 6.92. The van der Waals surface area contributed by atoms with Gasteiger partial charge < -0.3 is 14.5 Å². The summed E-state index contributed by atoms with van der Waals surface area (Å²) in [5.74, 6) is 2.30. The Bertz CT molecular complexity index is 857. The van der Waals surface area contributed by atoms with Crippen molar-refractivity contribution >= 4 is 11.0 Å². The van der Waals surface area contributed by atoms with Crippen molar-refractivity contribution in [2.24, 2.45) is 0 Å². The topological polar surface area (TPSA) is 50.4 Å². The standard InChI is InChI=1S/C21H25N3O2/c1-25-18-7-8-20(26-2)17(11-18)14-24-10-4-6-16(13-24)19-12-15-5-3-9-22-21(15)23-19/h3,5,7-9,11-12,16H,4,6,10,13-14H2,1-2H3,(H,22,23). The van der Waals surface area contributed by atoms with E-state index in [1.54, 1.807) is 14.2 Å². The van der Waals surface area contributed by atoms with Crippen molar-refractivity contribution in [3.8, 4) is 11.5 Å². The van der Waals surface area contributed by atoms with Gasteiger partial charge in [0.15, 0.2) is 0 Å². The number of ether oxygens (including phenoxy) is 2. The van der Waals surface area contributed by atoms with E-state index < -0.39 is 0 Å². The van der Waals surface area contributed by atoms with E-state index in [1.165, 1.54) is 29.5 Å². The number of nitrogens with one attached hydrogen (secondary N) is 1. The number of H-pyrrole nitrogens is 1. The van der Waals surface area contributed by atoms with Crippen molar-refractivity contribution in [1.82, 2.24) is 14.9 Å². The highest BCUT2D eigenvalue weighted by molar-refractivity contribution is 5.76. The normalized spacial score (nSPS) is 18.2. The third-order valence-corrected chi connectivity index (χ3v) is 5.24. The molecule has 1 aromatic carbocycles. The van der Waals surface area contributed by atoms with Gasteiger partial charge >= 0.3 is 0 Å². The number of pyridine rings is 1. The van der Waals surface area contributed by atoms with E-state index in [4.69, 9.17) is 9.47 Å². The molecule has 5 nitrogen and oxygen atoms in total. The lowest BCUT2D eigenvalue weighted by atomic mass is 9.94. The van der Waals surface area contributed by atoms with Gasteiger partial charge in [0.05, 0.1) is 14.2 Å². The van der Waals surface area contributed by atoms with Gasteiger partial charge in [0.25, 0.3) is 0 Å². The SMILES string of the molecule is COc1ccc(OC)c(CN2CCCC(c3cc4cccnc4[nH]3)C2)c1. The van der Waals surface area contributed by atoms with Crippen LogP contribution in [0, 0.1) is 0 Å². The van der Waals surface area contributed by atoms with E-state index in [9.17, 15) is 0 Å². The fourth-order valence-corrected chi connectivity index (χ4v) is 3.90. The lowest BCUT2D eigenvalue weighted by Gasteiger charge is -2.32. The number of piperidine rings is 1. The van der Waals surface area contributed by atoms with Crippen LogP contribution < -0.4 is 9.47 Å². The number of hydrogen-bond donors (Lipinski definition) is 1. The predicted octanol–water partition coefficient (Wildman–Crippen LogP) is 3.96. The number of likely N-dealkylation sites (tertiary alicyclic amines) is 1. The minimum absolute atomic E-state index is 0.509. The summed E-state index contributed by atoms with van der Waals surface area (Å²) in [4.78, 5) is 10.4. The summed E-state index contributed by atoms with van der Waals surface area (Å²) < 4.78 is 10.9. The zero-order valence-corrected chi connectivity index (χ0v) is 15.4. The third kappa shape index (κ3) is 3.40. The van der Waals surface area contributed by atoms with Gasteiger partial charge in [-0.1, -0.05) is 0 Å². The molecule has 0 radical (unpaired) electrons. The van der Waals surface area contributed by atoms with Gasteiger partial charge in [0.1, 0.15) is 17.1 Å². The maximum Gasteiger partial charge on any atom is 0.137 e. The molecule has 136 valence electrons. The molecule has 4 rings (SSSR count). The highest BCUT2D eigenvalue weighted by atomic mass is 16.5. The molecule has 3 aromatic rings. The molecule has 3 heterocycles. The second kappa shape index (κ2) is 7.38. The van der Waals surface area contributed by atoms with Crippen molar-refractivity contribution in [3.05, 3.63) is 53.9 Å². The van der Waals surface area contributed by atoms with Crippen molar-refractivity contribution in [2.75, 3.05) is 27.3 Å². The number of fused-ring (bicyclic) bond motifs is 1. The minimum Gasteiger partial charge on any atom is -0.497 e. The molecule has 0 spiro atoms. The summed E-state index contributed by atoms with van der Waals surface area (Å²) in [6.07, 6.45) is 4.24. The molecule has 1 unspecified atom stereocenters. The molecule has 1 N–H and O–H groups in total. The van der Waals surface area contributed by atoms with Crippen molar-refractivity contribution in [2.45, 2.75) is 25.3 Å². The third-order valence-electron chi connectivity index (χ3n) is 5.24. The Hall–Kier alpha value is -2.53. The first kappa shape index (κ1) is 16.9. The summed E-state index contributed by atoms with van der Waals surface area (Å²) >= 11 is 0. The molecule has 1 atom stereocenters. The first-order valence-corrected chi connectivity index (χ1v) is 9.13. The molecule has 0 saturated carbocycles. The van der Waals surface area contributed by atoms with Crippen LogP contribution in [0.4, 0.5) is 0 Å². The first-order valence-electron chi connectivity index (χ1n) is 9.13. The lowest BCUT2D eigenvalue weighted by molar-refractivity contribution is 0.196. The summed E-state index contributed by atoms with van der Waals surface area (Å²) in [7, 11) is 3.42. The highest BCUT2D eigenvalue weighted by Gasteiger charge is 2.23. The average Bonchev–Trinajstić information content (AvgIpc) is 3.12. The van der Waals surface area contributed by atoms with Gasteiger partial charge in [-0.05, 0) is 55.8 Å². The first-order chi connectivity index (χ1) is 12.8. The summed E-state index contributed by atoms with van der Waals surface area (Å²) in [5, 5.41) is 1.19. The molecule has 0 aliphatic carbocycles. The number of benzene rings is 1. The Labute approximate surface area is 153 Å². The van der Waals surface area contributed by atoms with Crippen LogP contribution in [0.1, 0.15) is 30.0 Å². The molecule has 1 aliphatic rings. The van der Waals surface area contributed by atoms with Crippen molar-refractivity contribution < 1.29 is 9.47 Å². The molecular formula is C21H25N3O2. The summed E-state index contributed by atoms with van der Waals surface area (Å²) in [5.41, 5.74) is 3.45. The number of rotatable bonds is 5. The highest BCUT2D eigenvalue weighted by Crippen LogP contribution is 2.31. The number of methoxy groups -OCH3 is 2. The molecule has 1 fully saturated rings. The number of aromatic nitrogens is 2. The van der Waals surface area contributed by atoms with Gasteiger partial charge in [-0.2, -0.15) is 0 Å². The van der Waals surface area contributed by atoms with Gasteiger partial charge in [-0.15, -0.1) is 0 Å². The molecule has 1 saturated heterocycles. The maximum atomic E-state index is 5.54. The largest absolute Gasteiger partial charge is 0.497 e. The molecular weight excluding hydrogens is 326 g/mol. The zero-order valence-electron chi connectivity index (χ0n) is 15.4. The molecule has 1 aliphatic heterocycles. The summed E-state index contributed by atoms with van der Waals surface area (Å²) in [6.45, 7) is 3.01. The van der Waals surface area contributed by atoms with E-state index in [1.807, 2.05) is 24.4 Å². The van der Waals surface area contributed by atoms with E-state index in [2.05, 4.69) is 33.1 Å². The molecule has 5 heteroatoms.